The maximum atomic E-state index is 11.6. The molecular formula is C23H30ClNO5. The number of halogens is 1. The number of hydrogen-bond acceptors (Lipinski definition) is 6. The monoisotopic (exact) mass is 435 g/mol. The number of rotatable bonds is 7. The minimum absolute atomic E-state index is 0.203. The van der Waals surface area contributed by atoms with Gasteiger partial charge in [0.1, 0.15) is 0 Å². The molecule has 164 valence electrons. The second-order valence-corrected chi connectivity index (χ2v) is 8.89. The highest BCUT2D eigenvalue weighted by molar-refractivity contribution is 6.28. The average molecular weight is 436 g/mol. The molecule has 0 aliphatic heterocycles. The fraction of sp³-hybridized carbons (Fsp3) is 0.652. The molecule has 0 bridgehead atoms. The van der Waals surface area contributed by atoms with Crippen molar-refractivity contribution in [1.29, 1.82) is 5.26 Å². The number of carbonyl (C=O) groups excluding carboxylic acids is 1. The van der Waals surface area contributed by atoms with E-state index in [0.717, 1.165) is 18.4 Å². The number of esters is 1. The van der Waals surface area contributed by atoms with Crippen LogP contribution in [0.4, 0.5) is 0 Å². The summed E-state index contributed by atoms with van der Waals surface area (Å²) >= 11 is 6.02. The third-order valence-corrected chi connectivity index (χ3v) is 6.73. The molecule has 30 heavy (non-hydrogen) atoms. The van der Waals surface area contributed by atoms with Crippen LogP contribution in [-0.2, 0) is 19.7 Å². The first kappa shape index (κ1) is 22.7. The zero-order valence-electron chi connectivity index (χ0n) is 17.9. The lowest BCUT2D eigenvalue weighted by Gasteiger charge is -2.42. The van der Waals surface area contributed by atoms with Gasteiger partial charge in [0.05, 0.1) is 37.4 Å². The van der Waals surface area contributed by atoms with Gasteiger partial charge in [-0.15, -0.1) is 0 Å². The summed E-state index contributed by atoms with van der Waals surface area (Å²) in [5.41, 5.74) is -1.45. The first-order chi connectivity index (χ1) is 14.3. The largest absolute Gasteiger partial charge is 0.493 e. The van der Waals surface area contributed by atoms with Crippen LogP contribution in [0.2, 0.25) is 0 Å². The van der Waals surface area contributed by atoms with Crippen LogP contribution in [0, 0.1) is 11.3 Å². The van der Waals surface area contributed by atoms with E-state index in [0.29, 0.717) is 37.2 Å². The summed E-state index contributed by atoms with van der Waals surface area (Å²) in [7, 11) is 2.91. The maximum absolute atomic E-state index is 11.6. The molecule has 0 saturated heterocycles. The van der Waals surface area contributed by atoms with Gasteiger partial charge >= 0.3 is 5.97 Å². The molecule has 2 fully saturated rings. The van der Waals surface area contributed by atoms with Gasteiger partial charge in [-0.05, 0) is 76.0 Å². The van der Waals surface area contributed by atoms with Crippen molar-refractivity contribution in [2.75, 3.05) is 14.2 Å². The molecule has 1 unspecified atom stereocenters. The summed E-state index contributed by atoms with van der Waals surface area (Å²) in [6.45, 7) is 1.93. The van der Waals surface area contributed by atoms with E-state index in [1.165, 1.54) is 20.0 Å². The average Bonchev–Trinajstić information content (AvgIpc) is 3.27. The van der Waals surface area contributed by atoms with Crippen LogP contribution in [0.15, 0.2) is 18.2 Å². The van der Waals surface area contributed by atoms with Gasteiger partial charge in [-0.25, -0.2) is 4.79 Å². The van der Waals surface area contributed by atoms with Crippen LogP contribution in [0.3, 0.4) is 0 Å². The summed E-state index contributed by atoms with van der Waals surface area (Å²) in [6.07, 6.45) is 7.06. The first-order valence-corrected chi connectivity index (χ1v) is 10.9. The Balaban J connectivity index is 1.77. The van der Waals surface area contributed by atoms with E-state index < -0.39 is 22.5 Å². The molecule has 2 aliphatic carbocycles. The second kappa shape index (κ2) is 9.45. The van der Waals surface area contributed by atoms with Crippen molar-refractivity contribution in [1.82, 2.24) is 0 Å². The number of methoxy groups -OCH3 is 2. The molecular weight excluding hydrogens is 406 g/mol. The van der Waals surface area contributed by atoms with Gasteiger partial charge in [0.25, 0.3) is 0 Å². The minimum atomic E-state index is -1.15. The highest BCUT2D eigenvalue weighted by Gasteiger charge is 2.44. The van der Waals surface area contributed by atoms with Crippen molar-refractivity contribution in [3.05, 3.63) is 23.8 Å². The van der Waals surface area contributed by atoms with Crippen molar-refractivity contribution in [2.45, 2.75) is 81.0 Å². The van der Waals surface area contributed by atoms with Crippen LogP contribution < -0.4 is 9.47 Å². The summed E-state index contributed by atoms with van der Waals surface area (Å²) in [5.74, 6) is 0.775. The van der Waals surface area contributed by atoms with E-state index in [4.69, 9.17) is 25.8 Å². The molecule has 0 N–H and O–H groups in total. The van der Waals surface area contributed by atoms with Gasteiger partial charge in [0, 0.05) is 0 Å². The number of ether oxygens (including phenoxy) is 4. The van der Waals surface area contributed by atoms with E-state index in [2.05, 4.69) is 10.8 Å². The van der Waals surface area contributed by atoms with E-state index in [1.807, 2.05) is 25.1 Å². The Morgan fingerprint density at radius 1 is 1.17 bits per heavy atom. The molecule has 2 saturated carbocycles. The summed E-state index contributed by atoms with van der Waals surface area (Å²) in [5, 5.41) is 10.1. The Labute approximate surface area is 183 Å². The van der Waals surface area contributed by atoms with Gasteiger partial charge in [-0.3, -0.25) is 0 Å². The van der Waals surface area contributed by atoms with E-state index in [9.17, 15) is 10.1 Å². The molecule has 2 aliphatic rings. The molecule has 0 radical (unpaired) electrons. The zero-order valence-corrected chi connectivity index (χ0v) is 18.7. The summed E-state index contributed by atoms with van der Waals surface area (Å²) in [6, 6.07) is 8.34. The van der Waals surface area contributed by atoms with Gasteiger partial charge in [-0.1, -0.05) is 17.7 Å². The lowest BCUT2D eigenvalue weighted by molar-refractivity contribution is -0.160. The number of alkyl halides is 1. The molecule has 0 heterocycles. The number of carbonyl (C=O) groups is 1. The third kappa shape index (κ3) is 4.84. The van der Waals surface area contributed by atoms with Gasteiger partial charge in [0.15, 0.2) is 11.5 Å². The molecule has 6 nitrogen and oxygen atoms in total. The smallest absolute Gasteiger partial charge is 0.350 e. The van der Waals surface area contributed by atoms with Crippen LogP contribution in [0.25, 0.3) is 0 Å². The van der Waals surface area contributed by atoms with Crippen LogP contribution in [-0.4, -0.2) is 37.5 Å². The maximum Gasteiger partial charge on any atom is 0.350 e. The van der Waals surface area contributed by atoms with E-state index in [1.54, 1.807) is 7.11 Å². The standard InChI is InChI=1S/C23H30ClNO5/c1-22(30-20(24)21(26)28-3)10-12-23(15-25,13-11-22)16-8-9-18(27-2)19(14-16)29-17-6-4-5-7-17/h8-9,14,17,20H,4-7,10-13H2,1-3H3. The SMILES string of the molecule is COC(=O)C(Cl)OC1(C)CCC(C#N)(c2ccc(OC)c(OC3CCCC3)c2)CC1. The Morgan fingerprint density at radius 2 is 1.83 bits per heavy atom. The minimum Gasteiger partial charge on any atom is -0.493 e. The number of benzene rings is 1. The van der Waals surface area contributed by atoms with Gasteiger partial charge in [0.2, 0.25) is 5.56 Å². The topological polar surface area (TPSA) is 77.8 Å². The molecule has 1 atom stereocenters. The van der Waals surface area contributed by atoms with E-state index in [-0.39, 0.29) is 6.10 Å². The van der Waals surface area contributed by atoms with E-state index >= 15 is 0 Å². The summed E-state index contributed by atoms with van der Waals surface area (Å²) in [4.78, 5) is 11.6. The normalized spacial score (nSPS) is 27.8. The highest BCUT2D eigenvalue weighted by atomic mass is 35.5. The predicted molar refractivity (Wildman–Crippen MR) is 113 cm³/mol. The van der Waals surface area contributed by atoms with Crippen molar-refractivity contribution in [3.8, 4) is 17.6 Å². The lowest BCUT2D eigenvalue weighted by atomic mass is 9.66. The quantitative estimate of drug-likeness (QED) is 0.449. The number of nitrogens with zero attached hydrogens (tertiary/aromatic N) is 1. The van der Waals surface area contributed by atoms with Crippen molar-refractivity contribution < 1.29 is 23.7 Å². The van der Waals surface area contributed by atoms with Gasteiger partial charge < -0.3 is 18.9 Å². The number of hydrogen-bond donors (Lipinski definition) is 0. The molecule has 3 rings (SSSR count). The first-order valence-electron chi connectivity index (χ1n) is 10.5. The molecule has 0 aromatic heterocycles. The predicted octanol–water partition coefficient (Wildman–Crippen LogP) is 4.87. The van der Waals surface area contributed by atoms with Crippen LogP contribution in [0.1, 0.15) is 63.9 Å². The third-order valence-electron chi connectivity index (χ3n) is 6.46. The van der Waals surface area contributed by atoms with Crippen molar-refractivity contribution >= 4 is 17.6 Å². The Bertz CT molecular complexity index is 791. The Morgan fingerprint density at radius 3 is 2.40 bits per heavy atom. The Kier molecular flexibility index (Phi) is 7.15. The summed E-state index contributed by atoms with van der Waals surface area (Å²) < 4.78 is 22.1. The fourth-order valence-electron chi connectivity index (χ4n) is 4.43. The van der Waals surface area contributed by atoms with Crippen LogP contribution in [0.5, 0.6) is 11.5 Å². The Hall–Kier alpha value is -1.97. The lowest BCUT2D eigenvalue weighted by Crippen LogP contribution is -2.43. The molecule has 7 heteroatoms. The number of nitriles is 1. The molecule has 0 spiro atoms. The fourth-order valence-corrected chi connectivity index (χ4v) is 4.74. The molecule has 0 amide bonds. The van der Waals surface area contributed by atoms with Gasteiger partial charge in [-0.2, -0.15) is 5.26 Å². The van der Waals surface area contributed by atoms with Crippen molar-refractivity contribution in [3.63, 3.8) is 0 Å². The molecule has 1 aromatic carbocycles. The molecule has 1 aromatic rings. The van der Waals surface area contributed by atoms with Crippen molar-refractivity contribution in [2.24, 2.45) is 0 Å². The zero-order chi connectivity index (χ0) is 21.8. The highest BCUT2D eigenvalue weighted by Crippen LogP contribution is 2.46. The van der Waals surface area contributed by atoms with Crippen LogP contribution >= 0.6 is 11.6 Å². The second-order valence-electron chi connectivity index (χ2n) is 8.49.